The largest absolute Gasteiger partial charge is 3.00 e. The van der Waals surface area contributed by atoms with E-state index in [0.717, 1.165) is 10.7 Å². The molecule has 2 N–H and O–H groups in total. The first-order chi connectivity index (χ1) is 9.87. The predicted octanol–water partition coefficient (Wildman–Crippen LogP) is 0.569. The second-order valence-electron chi connectivity index (χ2n) is 4.45. The van der Waals surface area contributed by atoms with E-state index in [1.54, 1.807) is 0 Å². The van der Waals surface area contributed by atoms with E-state index in [0.29, 0.717) is 0 Å². The molecule has 0 saturated carbocycles. The van der Waals surface area contributed by atoms with Crippen molar-refractivity contribution in [2.75, 3.05) is 26.3 Å². The molecule has 1 heterocycles. The van der Waals surface area contributed by atoms with Gasteiger partial charge in [-0.3, -0.25) is 14.3 Å². The zero-order valence-electron chi connectivity index (χ0n) is 13.1. The Balaban J connectivity index is 0. The van der Waals surface area contributed by atoms with E-state index in [2.05, 4.69) is 20.8 Å². The van der Waals surface area contributed by atoms with Crippen LogP contribution in [-0.4, -0.2) is 54.9 Å². The van der Waals surface area contributed by atoms with Crippen LogP contribution in [0.1, 0.15) is 26.2 Å². The van der Waals surface area contributed by atoms with Gasteiger partial charge >= 0.3 is 32.7 Å². The first-order valence-electron chi connectivity index (χ1n) is 6.77. The smallest absolute Gasteiger partial charge is 0.381 e. The van der Waals surface area contributed by atoms with Gasteiger partial charge in [-0.2, -0.15) is 6.42 Å². The van der Waals surface area contributed by atoms with Gasteiger partial charge in [-0.05, 0) is 0 Å². The van der Waals surface area contributed by atoms with Crippen LogP contribution in [0.5, 0.6) is 0 Å². The molecular formula is C13H25N2O5SY. The van der Waals surface area contributed by atoms with Gasteiger partial charge in [0.2, 0.25) is 10.0 Å². The maximum atomic E-state index is 12.5. The summed E-state index contributed by atoms with van der Waals surface area (Å²) in [7, 11) is -3.94. The molecule has 0 aromatic carbocycles. The molecule has 0 unspecified atom stereocenters. The number of hydrogen-bond acceptors (Lipinski definition) is 5. The van der Waals surface area contributed by atoms with E-state index in [1.807, 2.05) is 6.92 Å². The molecule has 9 heteroatoms. The van der Waals surface area contributed by atoms with Crippen molar-refractivity contribution < 1.29 is 55.9 Å². The van der Waals surface area contributed by atoms with Crippen molar-refractivity contribution in [3.05, 3.63) is 20.8 Å². The zero-order chi connectivity index (χ0) is 16.5. The first kappa shape index (κ1) is 24.7. The Kier molecular flexibility index (Phi) is 13.3. The SMILES string of the molecule is [CH2-]CC.[CH2-]CN(C[CH2-])S(=O)(=O)C1(C(=O)NO)CCOCC1.[Y+3]. The molecule has 1 amide bonds. The van der Waals surface area contributed by atoms with Crippen LogP contribution in [0.2, 0.25) is 0 Å². The molecule has 1 rings (SSSR count). The van der Waals surface area contributed by atoms with Crippen molar-refractivity contribution in [2.45, 2.75) is 30.9 Å². The summed E-state index contributed by atoms with van der Waals surface area (Å²) in [5.41, 5.74) is 1.44. The van der Waals surface area contributed by atoms with Crippen LogP contribution >= 0.6 is 0 Å². The molecule has 0 aliphatic carbocycles. The number of nitrogens with one attached hydrogen (secondary N) is 1. The topological polar surface area (TPSA) is 95.9 Å². The second kappa shape index (κ2) is 11.9. The fourth-order valence-corrected chi connectivity index (χ4v) is 3.94. The molecule has 1 aliphatic heterocycles. The molecule has 1 saturated heterocycles. The number of nitrogens with zero attached hydrogens (tertiary/aromatic N) is 1. The van der Waals surface area contributed by atoms with E-state index < -0.39 is 20.7 Å². The summed E-state index contributed by atoms with van der Waals surface area (Å²) in [6, 6.07) is 0. The van der Waals surface area contributed by atoms with Gasteiger partial charge in [0.15, 0.2) is 4.75 Å². The van der Waals surface area contributed by atoms with Crippen LogP contribution in [0.4, 0.5) is 0 Å². The quantitative estimate of drug-likeness (QED) is 0.393. The van der Waals surface area contributed by atoms with Crippen molar-refractivity contribution in [3.8, 4) is 0 Å². The van der Waals surface area contributed by atoms with Crippen molar-refractivity contribution in [1.29, 1.82) is 0 Å². The van der Waals surface area contributed by atoms with Gasteiger partial charge in [-0.25, -0.2) is 13.9 Å². The molecular weight excluding hydrogens is 385 g/mol. The molecule has 1 aliphatic rings. The Hall–Kier alpha value is 0.404. The average molecular weight is 410 g/mol. The number of carbonyl (C=O) groups is 1. The Bertz CT molecular complexity index is 407. The van der Waals surface area contributed by atoms with Crippen molar-refractivity contribution >= 4 is 15.9 Å². The first-order valence-corrected chi connectivity index (χ1v) is 8.21. The van der Waals surface area contributed by atoms with E-state index in [4.69, 9.17) is 9.94 Å². The molecule has 0 aromatic rings. The minimum atomic E-state index is -3.94. The summed E-state index contributed by atoms with van der Waals surface area (Å²) in [5.74, 6) is -0.933. The van der Waals surface area contributed by atoms with E-state index in [9.17, 15) is 13.2 Å². The summed E-state index contributed by atoms with van der Waals surface area (Å²) in [4.78, 5) is 11.8. The Labute approximate surface area is 159 Å². The third kappa shape index (κ3) is 5.49. The van der Waals surface area contributed by atoms with Gasteiger partial charge in [0.25, 0.3) is 5.91 Å². The fraction of sp³-hybridized carbons (Fsp3) is 0.692. The monoisotopic (exact) mass is 410 g/mol. The summed E-state index contributed by atoms with van der Waals surface area (Å²) in [5, 5.41) is 8.79. The number of carbonyl (C=O) groups excluding carboxylic acids is 1. The Morgan fingerprint density at radius 2 is 1.68 bits per heavy atom. The zero-order valence-corrected chi connectivity index (χ0v) is 16.7. The molecule has 7 nitrogen and oxygen atoms in total. The molecule has 126 valence electrons. The van der Waals surface area contributed by atoms with Crippen LogP contribution in [0.15, 0.2) is 0 Å². The molecule has 0 bridgehead atoms. The second-order valence-corrected chi connectivity index (χ2v) is 6.70. The minimum Gasteiger partial charge on any atom is -0.381 e. The third-order valence-corrected chi connectivity index (χ3v) is 5.77. The van der Waals surface area contributed by atoms with Crippen LogP contribution < -0.4 is 5.48 Å². The summed E-state index contributed by atoms with van der Waals surface area (Å²) in [6.07, 6.45) is 0.996. The van der Waals surface area contributed by atoms with Crippen LogP contribution in [0.25, 0.3) is 0 Å². The molecule has 22 heavy (non-hydrogen) atoms. The predicted molar refractivity (Wildman–Crippen MR) is 79.6 cm³/mol. The number of hydroxylamine groups is 1. The van der Waals surface area contributed by atoms with E-state index in [-0.39, 0.29) is 71.9 Å². The van der Waals surface area contributed by atoms with Crippen LogP contribution in [0.3, 0.4) is 0 Å². The van der Waals surface area contributed by atoms with Crippen molar-refractivity contribution in [2.24, 2.45) is 0 Å². The van der Waals surface area contributed by atoms with Gasteiger partial charge in [0, 0.05) is 26.1 Å². The van der Waals surface area contributed by atoms with Gasteiger partial charge in [0.1, 0.15) is 0 Å². The van der Waals surface area contributed by atoms with Gasteiger partial charge < -0.3 is 25.5 Å². The standard InChI is InChI=1S/C10H18N2O5S.C3H7.Y/c1-3-12(4-2)18(15,16)10(9(13)11-14)5-7-17-8-6-10;1-3-2;/h14H,1-8H2,(H,11,13);1,3H2,2H3;/q-2;-1;+3. The van der Waals surface area contributed by atoms with Crippen LogP contribution in [0, 0.1) is 20.8 Å². The molecule has 0 radical (unpaired) electrons. The van der Waals surface area contributed by atoms with E-state index in [1.165, 1.54) is 5.48 Å². The normalized spacial score (nSPS) is 17.0. The molecule has 0 aromatic heterocycles. The maximum Gasteiger partial charge on any atom is 3.00 e. The van der Waals surface area contributed by atoms with Crippen LogP contribution in [-0.2, 0) is 52.3 Å². The van der Waals surface area contributed by atoms with Gasteiger partial charge in [0.05, 0.1) is 0 Å². The van der Waals surface area contributed by atoms with Gasteiger partial charge in [-0.15, -0.1) is 13.1 Å². The minimum absolute atomic E-state index is 0. The number of rotatable bonds is 5. The Morgan fingerprint density at radius 1 is 1.27 bits per heavy atom. The summed E-state index contributed by atoms with van der Waals surface area (Å²) < 4.78 is 29.4. The third-order valence-electron chi connectivity index (χ3n) is 3.15. The number of amides is 1. The molecule has 1 fully saturated rings. The number of hydrogen-bond donors (Lipinski definition) is 2. The summed E-state index contributed by atoms with van der Waals surface area (Å²) in [6.45, 7) is 12.8. The maximum absolute atomic E-state index is 12.5. The molecule has 0 spiro atoms. The number of sulfonamides is 1. The molecule has 0 atom stereocenters. The van der Waals surface area contributed by atoms with E-state index >= 15 is 0 Å². The van der Waals surface area contributed by atoms with Gasteiger partial charge in [-0.1, -0.05) is 6.92 Å². The Morgan fingerprint density at radius 3 is 2.00 bits per heavy atom. The number of ether oxygens (including phenoxy) is 1. The average Bonchev–Trinajstić information content (AvgIpc) is 2.48. The fourth-order valence-electron chi connectivity index (χ4n) is 2.00. The van der Waals surface area contributed by atoms with Crippen molar-refractivity contribution in [3.63, 3.8) is 0 Å². The summed E-state index contributed by atoms with van der Waals surface area (Å²) >= 11 is 0. The van der Waals surface area contributed by atoms with Crippen molar-refractivity contribution in [1.82, 2.24) is 9.79 Å².